The first-order valence-electron chi connectivity index (χ1n) is 16.0. The Hall–Kier alpha value is -2.41. The number of ketones is 1. The normalized spacial score (nSPS) is 16.2. The first-order chi connectivity index (χ1) is 19.6. The minimum absolute atomic E-state index is 0.144. The molecular formula is C34H54O7. The molecule has 2 rings (SSSR count). The fourth-order valence-electron chi connectivity index (χ4n) is 5.51. The second-order valence-corrected chi connectivity index (χ2v) is 11.9. The zero-order chi connectivity index (χ0) is 30.3. The van der Waals surface area contributed by atoms with Gasteiger partial charge in [-0.25, -0.2) is 0 Å². The molecule has 7 nitrogen and oxygen atoms in total. The molecule has 1 N–H and O–H groups in total. The summed E-state index contributed by atoms with van der Waals surface area (Å²) in [6.07, 6.45) is 15.6. The number of Topliss-reactive ketones (excluding diaryl/α,β-unsaturated/α-hetero) is 1. The highest BCUT2D eigenvalue weighted by molar-refractivity contribution is 5.88. The van der Waals surface area contributed by atoms with Crippen molar-refractivity contribution in [3.05, 3.63) is 22.3 Å². The average Bonchev–Trinajstić information content (AvgIpc) is 2.94. The number of esters is 1. The van der Waals surface area contributed by atoms with Crippen LogP contribution in [0.3, 0.4) is 0 Å². The van der Waals surface area contributed by atoms with E-state index in [9.17, 15) is 14.4 Å². The average molecular weight is 575 g/mol. The summed E-state index contributed by atoms with van der Waals surface area (Å²) >= 11 is 0. The van der Waals surface area contributed by atoms with Crippen LogP contribution in [0.25, 0.3) is 0 Å². The van der Waals surface area contributed by atoms with Gasteiger partial charge in [0.05, 0.1) is 12.8 Å². The molecule has 1 atom stereocenters. The molecule has 41 heavy (non-hydrogen) atoms. The number of carbonyl (C=O) groups excluding carboxylic acids is 2. The molecule has 232 valence electrons. The van der Waals surface area contributed by atoms with Crippen LogP contribution in [0.5, 0.6) is 11.5 Å². The first-order valence-corrected chi connectivity index (χ1v) is 16.0. The van der Waals surface area contributed by atoms with E-state index in [-0.39, 0.29) is 18.6 Å². The van der Waals surface area contributed by atoms with Crippen LogP contribution in [0.15, 0.2) is 0 Å². The van der Waals surface area contributed by atoms with Gasteiger partial charge in [-0.3, -0.25) is 14.4 Å². The van der Waals surface area contributed by atoms with Crippen molar-refractivity contribution in [1.82, 2.24) is 0 Å². The largest absolute Gasteiger partial charge is 0.481 e. The summed E-state index contributed by atoms with van der Waals surface area (Å²) in [7, 11) is 0. The van der Waals surface area contributed by atoms with Gasteiger partial charge in [-0.1, -0.05) is 64.7 Å². The molecule has 1 heterocycles. The topological polar surface area (TPSA) is 99.1 Å². The Labute approximate surface area is 247 Å². The molecule has 1 aliphatic rings. The number of fused-ring (bicyclic) bond motifs is 1. The zero-order valence-corrected chi connectivity index (χ0v) is 26.3. The molecule has 0 unspecified atom stereocenters. The predicted octanol–water partition coefficient (Wildman–Crippen LogP) is 8.14. The molecule has 1 aromatic rings. The van der Waals surface area contributed by atoms with Crippen molar-refractivity contribution in [3.63, 3.8) is 0 Å². The maximum absolute atomic E-state index is 13.2. The van der Waals surface area contributed by atoms with Gasteiger partial charge in [0, 0.05) is 25.2 Å². The van der Waals surface area contributed by atoms with Gasteiger partial charge in [-0.05, 0) is 76.5 Å². The Morgan fingerprint density at radius 1 is 0.780 bits per heavy atom. The summed E-state index contributed by atoms with van der Waals surface area (Å²) in [6.45, 7) is 11.6. The molecular weight excluding hydrogens is 520 g/mol. The lowest BCUT2D eigenvalue weighted by atomic mass is 9.84. The highest BCUT2D eigenvalue weighted by atomic mass is 16.5. The van der Waals surface area contributed by atoms with Crippen molar-refractivity contribution in [2.45, 2.75) is 149 Å². The Balaban J connectivity index is 1.72. The van der Waals surface area contributed by atoms with E-state index in [0.717, 1.165) is 61.2 Å². The Morgan fingerprint density at radius 3 is 1.98 bits per heavy atom. The lowest BCUT2D eigenvalue weighted by Gasteiger charge is -2.37. The minimum atomic E-state index is -1.03. The van der Waals surface area contributed by atoms with Crippen molar-refractivity contribution >= 4 is 17.7 Å². The van der Waals surface area contributed by atoms with Crippen LogP contribution in [0.1, 0.15) is 139 Å². The van der Waals surface area contributed by atoms with Crippen molar-refractivity contribution in [2.75, 3.05) is 13.2 Å². The summed E-state index contributed by atoms with van der Waals surface area (Å²) in [5.74, 6) is -0.267. The van der Waals surface area contributed by atoms with Crippen molar-refractivity contribution < 1.29 is 33.7 Å². The number of carboxylic acids is 1. The molecule has 0 bridgehead atoms. The molecule has 0 saturated carbocycles. The van der Waals surface area contributed by atoms with Crippen LogP contribution in [-0.2, 0) is 25.5 Å². The van der Waals surface area contributed by atoms with Gasteiger partial charge in [-0.2, -0.15) is 0 Å². The number of aliphatic carboxylic acids is 1. The monoisotopic (exact) mass is 574 g/mol. The van der Waals surface area contributed by atoms with E-state index in [1.165, 1.54) is 51.4 Å². The van der Waals surface area contributed by atoms with Gasteiger partial charge in [0.1, 0.15) is 11.5 Å². The fourth-order valence-corrected chi connectivity index (χ4v) is 5.51. The molecule has 1 aromatic carbocycles. The Kier molecular flexibility index (Phi) is 15.4. The number of hydrogen-bond donors (Lipinski definition) is 1. The SMILES string of the molecule is CCCCCCCCOCCCCCCCCC(=O)[C@]1(C)CCc2c(C)c(OC(=O)CCC(=O)O)c(C)c(C)c2O1. The number of unbranched alkanes of at least 4 members (excludes halogenated alkanes) is 10. The molecule has 0 fully saturated rings. The van der Waals surface area contributed by atoms with E-state index >= 15 is 0 Å². The highest BCUT2D eigenvalue weighted by Gasteiger charge is 2.40. The minimum Gasteiger partial charge on any atom is -0.481 e. The van der Waals surface area contributed by atoms with Crippen LogP contribution in [-0.4, -0.2) is 41.6 Å². The van der Waals surface area contributed by atoms with E-state index in [1.807, 2.05) is 27.7 Å². The third kappa shape index (κ3) is 11.4. The molecule has 0 aliphatic carbocycles. The van der Waals surface area contributed by atoms with Crippen molar-refractivity contribution in [3.8, 4) is 11.5 Å². The maximum Gasteiger partial charge on any atom is 0.311 e. The smallest absolute Gasteiger partial charge is 0.311 e. The van der Waals surface area contributed by atoms with Crippen LogP contribution in [0, 0.1) is 20.8 Å². The van der Waals surface area contributed by atoms with Crippen molar-refractivity contribution in [2.24, 2.45) is 0 Å². The van der Waals surface area contributed by atoms with Gasteiger partial charge in [0.25, 0.3) is 0 Å². The van der Waals surface area contributed by atoms with E-state index in [1.54, 1.807) is 0 Å². The van der Waals surface area contributed by atoms with Crippen molar-refractivity contribution in [1.29, 1.82) is 0 Å². The molecule has 1 aliphatic heterocycles. The van der Waals surface area contributed by atoms with Gasteiger partial charge in [-0.15, -0.1) is 0 Å². The summed E-state index contributed by atoms with van der Waals surface area (Å²) in [6, 6.07) is 0. The van der Waals surface area contributed by atoms with E-state index < -0.39 is 17.5 Å². The van der Waals surface area contributed by atoms with Gasteiger partial charge in [0.2, 0.25) is 0 Å². The highest BCUT2D eigenvalue weighted by Crippen LogP contribution is 2.44. The predicted molar refractivity (Wildman–Crippen MR) is 162 cm³/mol. The van der Waals surface area contributed by atoms with Crippen LogP contribution in [0.2, 0.25) is 0 Å². The van der Waals surface area contributed by atoms with Gasteiger partial charge in [0.15, 0.2) is 11.4 Å². The molecule has 0 radical (unpaired) electrons. The van der Waals surface area contributed by atoms with Crippen LogP contribution < -0.4 is 9.47 Å². The molecule has 0 spiro atoms. The number of hydrogen-bond acceptors (Lipinski definition) is 6. The second-order valence-electron chi connectivity index (χ2n) is 11.9. The van der Waals surface area contributed by atoms with E-state index in [4.69, 9.17) is 19.3 Å². The molecule has 0 saturated heterocycles. The summed E-state index contributed by atoms with van der Waals surface area (Å²) < 4.78 is 17.8. The molecule has 0 aromatic heterocycles. The maximum atomic E-state index is 13.2. The fraction of sp³-hybridized carbons (Fsp3) is 0.735. The van der Waals surface area contributed by atoms with Crippen LogP contribution in [0.4, 0.5) is 0 Å². The number of ether oxygens (including phenoxy) is 3. The lowest BCUT2D eigenvalue weighted by molar-refractivity contribution is -0.142. The van der Waals surface area contributed by atoms with Gasteiger partial charge < -0.3 is 19.3 Å². The number of carbonyl (C=O) groups is 3. The summed E-state index contributed by atoms with van der Waals surface area (Å²) in [5, 5.41) is 8.84. The quantitative estimate of drug-likeness (QED) is 0.0898. The Morgan fingerprint density at radius 2 is 1.37 bits per heavy atom. The zero-order valence-electron chi connectivity index (χ0n) is 26.3. The third-order valence-electron chi connectivity index (χ3n) is 8.42. The summed E-state index contributed by atoms with van der Waals surface area (Å²) in [4.78, 5) is 36.2. The standard InChI is InChI=1S/C34H54O7/c1-6-7-8-9-13-16-23-39-24-17-14-11-10-12-15-18-29(35)34(5)22-21-28-27(4)32(25(2)26(3)33(28)41-34)40-31(38)20-19-30(36)37/h6-24H2,1-5H3,(H,36,37)/t34-/m0/s1. The Bertz CT molecular complexity index is 1000. The third-order valence-corrected chi connectivity index (χ3v) is 8.42. The lowest BCUT2D eigenvalue weighted by Crippen LogP contribution is -2.44. The molecule has 7 heteroatoms. The summed E-state index contributed by atoms with van der Waals surface area (Å²) in [5.41, 5.74) is 2.53. The number of rotatable bonds is 21. The first kappa shape index (κ1) is 34.8. The number of benzene rings is 1. The van der Waals surface area contributed by atoms with Gasteiger partial charge >= 0.3 is 11.9 Å². The van der Waals surface area contributed by atoms with E-state index in [2.05, 4.69) is 6.92 Å². The van der Waals surface area contributed by atoms with E-state index in [0.29, 0.717) is 30.8 Å². The molecule has 0 amide bonds. The number of carboxylic acid groups (broad SMARTS) is 1. The van der Waals surface area contributed by atoms with Crippen LogP contribution >= 0.6 is 0 Å². The second kappa shape index (κ2) is 18.2.